The Morgan fingerprint density at radius 2 is 2.00 bits per heavy atom. The normalized spacial score (nSPS) is 19.8. The van der Waals surface area contributed by atoms with Gasteiger partial charge < -0.3 is 4.65 Å². The van der Waals surface area contributed by atoms with Crippen molar-refractivity contribution in [2.45, 2.75) is 45.2 Å². The SMILES string of the molecule is CCOB(C)C1CCCC1. The molecule has 0 amide bonds. The van der Waals surface area contributed by atoms with Gasteiger partial charge in [0.1, 0.15) is 0 Å². The molecule has 1 fully saturated rings. The summed E-state index contributed by atoms with van der Waals surface area (Å²) in [5.41, 5.74) is 0. The first-order valence-corrected chi connectivity index (χ1v) is 4.46. The number of hydrogen-bond acceptors (Lipinski definition) is 1. The fourth-order valence-electron chi connectivity index (χ4n) is 1.83. The lowest BCUT2D eigenvalue weighted by atomic mass is 9.57. The predicted molar refractivity (Wildman–Crippen MR) is 45.5 cm³/mol. The van der Waals surface area contributed by atoms with Crippen LogP contribution in [0.3, 0.4) is 0 Å². The first-order chi connectivity index (χ1) is 4.84. The van der Waals surface area contributed by atoms with Crippen molar-refractivity contribution in [3.05, 3.63) is 0 Å². The Bertz CT molecular complexity index is 89.3. The Labute approximate surface area is 64.3 Å². The first kappa shape index (κ1) is 8.12. The Balaban J connectivity index is 2.18. The topological polar surface area (TPSA) is 9.23 Å². The Kier molecular flexibility index (Phi) is 3.27. The van der Waals surface area contributed by atoms with Crippen LogP contribution in [0.15, 0.2) is 0 Å². The van der Waals surface area contributed by atoms with E-state index in [2.05, 4.69) is 13.7 Å². The average Bonchev–Trinajstić information content (AvgIpc) is 2.38. The largest absolute Gasteiger partial charge is 0.436 e. The summed E-state index contributed by atoms with van der Waals surface area (Å²) < 4.78 is 5.53. The van der Waals surface area contributed by atoms with Crippen LogP contribution in [0.2, 0.25) is 12.6 Å². The molecule has 10 heavy (non-hydrogen) atoms. The maximum atomic E-state index is 5.53. The van der Waals surface area contributed by atoms with Gasteiger partial charge in [0.25, 0.3) is 6.92 Å². The molecular weight excluding hydrogens is 123 g/mol. The van der Waals surface area contributed by atoms with Crippen molar-refractivity contribution >= 4 is 6.92 Å². The van der Waals surface area contributed by atoms with Crippen LogP contribution >= 0.6 is 0 Å². The van der Waals surface area contributed by atoms with E-state index >= 15 is 0 Å². The van der Waals surface area contributed by atoms with Gasteiger partial charge in [-0.05, 0) is 12.7 Å². The van der Waals surface area contributed by atoms with Crippen molar-refractivity contribution in [1.29, 1.82) is 0 Å². The molecule has 0 unspecified atom stereocenters. The second-order valence-corrected chi connectivity index (χ2v) is 3.20. The van der Waals surface area contributed by atoms with Crippen LogP contribution in [0, 0.1) is 0 Å². The van der Waals surface area contributed by atoms with E-state index in [0.29, 0.717) is 6.92 Å². The smallest absolute Gasteiger partial charge is 0.293 e. The number of rotatable bonds is 3. The van der Waals surface area contributed by atoms with Gasteiger partial charge in [0.15, 0.2) is 0 Å². The standard InChI is InChI=1S/C8H17BO/c1-3-10-9(2)8-6-4-5-7-8/h8H,3-7H2,1-2H3. The zero-order valence-electron chi connectivity index (χ0n) is 7.10. The summed E-state index contributed by atoms with van der Waals surface area (Å²) in [5, 5.41) is 0. The fourth-order valence-corrected chi connectivity index (χ4v) is 1.83. The third-order valence-corrected chi connectivity index (χ3v) is 2.49. The van der Waals surface area contributed by atoms with Crippen LogP contribution in [0.5, 0.6) is 0 Å². The molecule has 0 aromatic heterocycles. The highest BCUT2D eigenvalue weighted by molar-refractivity contribution is 6.52. The van der Waals surface area contributed by atoms with Crippen molar-refractivity contribution in [3.63, 3.8) is 0 Å². The van der Waals surface area contributed by atoms with E-state index in [1.165, 1.54) is 25.7 Å². The lowest BCUT2D eigenvalue weighted by Crippen LogP contribution is -2.18. The van der Waals surface area contributed by atoms with Crippen molar-refractivity contribution in [2.24, 2.45) is 0 Å². The molecule has 0 aliphatic heterocycles. The van der Waals surface area contributed by atoms with Gasteiger partial charge in [-0.1, -0.05) is 32.5 Å². The van der Waals surface area contributed by atoms with Crippen molar-refractivity contribution < 1.29 is 4.65 Å². The second kappa shape index (κ2) is 4.02. The minimum absolute atomic E-state index is 0.507. The second-order valence-electron chi connectivity index (χ2n) is 3.20. The summed E-state index contributed by atoms with van der Waals surface area (Å²) in [4.78, 5) is 0. The fraction of sp³-hybridized carbons (Fsp3) is 1.00. The zero-order valence-corrected chi connectivity index (χ0v) is 7.10. The van der Waals surface area contributed by atoms with Gasteiger partial charge in [-0.3, -0.25) is 0 Å². The highest BCUT2D eigenvalue weighted by Crippen LogP contribution is 2.32. The lowest BCUT2D eigenvalue weighted by molar-refractivity contribution is 0.337. The molecule has 0 N–H and O–H groups in total. The first-order valence-electron chi connectivity index (χ1n) is 4.46. The molecule has 1 aliphatic carbocycles. The maximum absolute atomic E-state index is 5.53. The van der Waals surface area contributed by atoms with E-state index in [4.69, 9.17) is 4.65 Å². The highest BCUT2D eigenvalue weighted by Gasteiger charge is 2.25. The molecule has 0 bridgehead atoms. The monoisotopic (exact) mass is 140 g/mol. The molecule has 1 aliphatic rings. The van der Waals surface area contributed by atoms with Crippen LogP contribution in [0.4, 0.5) is 0 Å². The van der Waals surface area contributed by atoms with E-state index in [0.717, 1.165) is 12.4 Å². The Morgan fingerprint density at radius 1 is 1.40 bits per heavy atom. The molecule has 0 spiro atoms. The minimum atomic E-state index is 0.507. The Hall–Kier alpha value is 0.0249. The summed E-state index contributed by atoms with van der Waals surface area (Å²) in [6, 6.07) is 0. The molecule has 0 aromatic rings. The van der Waals surface area contributed by atoms with Gasteiger partial charge in [0.05, 0.1) is 0 Å². The van der Waals surface area contributed by atoms with E-state index in [1.54, 1.807) is 0 Å². The van der Waals surface area contributed by atoms with Crippen LogP contribution < -0.4 is 0 Å². The summed E-state index contributed by atoms with van der Waals surface area (Å²) in [6.45, 7) is 5.66. The molecule has 0 radical (unpaired) electrons. The minimum Gasteiger partial charge on any atom is -0.436 e. The van der Waals surface area contributed by atoms with E-state index < -0.39 is 0 Å². The summed E-state index contributed by atoms with van der Waals surface area (Å²) in [5.74, 6) is 0.861. The maximum Gasteiger partial charge on any atom is 0.293 e. The molecule has 0 heterocycles. The zero-order chi connectivity index (χ0) is 7.40. The molecule has 0 aromatic carbocycles. The third kappa shape index (κ3) is 2.01. The Morgan fingerprint density at radius 3 is 2.50 bits per heavy atom. The van der Waals surface area contributed by atoms with Crippen molar-refractivity contribution in [3.8, 4) is 0 Å². The molecule has 1 nitrogen and oxygen atoms in total. The molecule has 2 heteroatoms. The lowest BCUT2D eigenvalue weighted by Gasteiger charge is -2.13. The molecule has 1 rings (SSSR count). The molecular formula is C8H17BO. The van der Waals surface area contributed by atoms with Gasteiger partial charge in [0.2, 0.25) is 0 Å². The van der Waals surface area contributed by atoms with Crippen molar-refractivity contribution in [2.75, 3.05) is 6.61 Å². The van der Waals surface area contributed by atoms with Gasteiger partial charge >= 0.3 is 0 Å². The van der Waals surface area contributed by atoms with E-state index in [-0.39, 0.29) is 0 Å². The van der Waals surface area contributed by atoms with Crippen LogP contribution in [0.1, 0.15) is 32.6 Å². The van der Waals surface area contributed by atoms with Crippen LogP contribution in [-0.2, 0) is 4.65 Å². The average molecular weight is 140 g/mol. The van der Waals surface area contributed by atoms with Crippen LogP contribution in [-0.4, -0.2) is 13.5 Å². The highest BCUT2D eigenvalue weighted by atomic mass is 16.4. The summed E-state index contributed by atoms with van der Waals surface area (Å²) in [6.07, 6.45) is 5.62. The van der Waals surface area contributed by atoms with E-state index in [1.807, 2.05) is 0 Å². The van der Waals surface area contributed by atoms with Crippen LogP contribution in [0.25, 0.3) is 0 Å². The summed E-state index contributed by atoms with van der Waals surface area (Å²) >= 11 is 0. The molecule has 0 atom stereocenters. The number of hydrogen-bond donors (Lipinski definition) is 0. The van der Waals surface area contributed by atoms with E-state index in [9.17, 15) is 0 Å². The molecule has 0 saturated heterocycles. The van der Waals surface area contributed by atoms with Gasteiger partial charge in [-0.25, -0.2) is 0 Å². The quantitative estimate of drug-likeness (QED) is 0.547. The van der Waals surface area contributed by atoms with Gasteiger partial charge in [0, 0.05) is 6.61 Å². The molecule has 58 valence electrons. The predicted octanol–water partition coefficient (Wildman–Crippen LogP) is 2.59. The van der Waals surface area contributed by atoms with Crippen molar-refractivity contribution in [1.82, 2.24) is 0 Å². The summed E-state index contributed by atoms with van der Waals surface area (Å²) in [7, 11) is 0. The van der Waals surface area contributed by atoms with Gasteiger partial charge in [-0.15, -0.1) is 0 Å². The third-order valence-electron chi connectivity index (χ3n) is 2.49. The van der Waals surface area contributed by atoms with Gasteiger partial charge in [-0.2, -0.15) is 0 Å². The molecule has 1 saturated carbocycles.